The van der Waals surface area contributed by atoms with Gasteiger partial charge in [-0.3, -0.25) is 4.79 Å². The Hall–Kier alpha value is -1.48. The first-order chi connectivity index (χ1) is 11.4. The largest absolute Gasteiger partial charge is 0.381 e. The summed E-state index contributed by atoms with van der Waals surface area (Å²) in [5, 5.41) is 2.78. The van der Waals surface area contributed by atoms with Gasteiger partial charge in [-0.25, -0.2) is 13.1 Å². The van der Waals surface area contributed by atoms with E-state index in [-0.39, 0.29) is 30.4 Å². The standard InChI is InChI=1S/C16H25N3O4S/c1-13-2-4-14(5-3-13)24(21,22)19-9-8-18-15(20)16(12-17)6-10-23-11-7-16/h2-5,19H,6-12,17H2,1H3,(H,18,20). The minimum absolute atomic E-state index is 0.124. The molecule has 8 heteroatoms. The summed E-state index contributed by atoms with van der Waals surface area (Å²) in [6.45, 7) is 3.53. The Labute approximate surface area is 143 Å². The summed E-state index contributed by atoms with van der Waals surface area (Å²) < 4.78 is 32.1. The van der Waals surface area contributed by atoms with Crippen molar-refractivity contribution in [3.63, 3.8) is 0 Å². The van der Waals surface area contributed by atoms with Gasteiger partial charge in [-0.2, -0.15) is 0 Å². The van der Waals surface area contributed by atoms with Crippen LogP contribution >= 0.6 is 0 Å². The van der Waals surface area contributed by atoms with Gasteiger partial charge >= 0.3 is 0 Å². The van der Waals surface area contributed by atoms with Gasteiger partial charge in [0.1, 0.15) is 0 Å². The maximum absolute atomic E-state index is 12.4. The van der Waals surface area contributed by atoms with Crippen LogP contribution in [0.5, 0.6) is 0 Å². The van der Waals surface area contributed by atoms with Crippen molar-refractivity contribution in [3.8, 4) is 0 Å². The molecule has 1 aliphatic rings. The lowest BCUT2D eigenvalue weighted by Gasteiger charge is -2.34. The van der Waals surface area contributed by atoms with Crippen molar-refractivity contribution in [2.24, 2.45) is 11.1 Å². The third-order valence-corrected chi connectivity index (χ3v) is 5.83. The Morgan fingerprint density at radius 3 is 2.42 bits per heavy atom. The molecule has 1 aromatic rings. The summed E-state index contributed by atoms with van der Waals surface area (Å²) in [6.07, 6.45) is 1.18. The molecule has 134 valence electrons. The number of hydrogen-bond acceptors (Lipinski definition) is 5. The maximum atomic E-state index is 12.4. The Morgan fingerprint density at radius 1 is 1.21 bits per heavy atom. The smallest absolute Gasteiger partial charge is 0.240 e. The summed E-state index contributed by atoms with van der Waals surface area (Å²) in [5.74, 6) is -0.136. The number of amides is 1. The second-order valence-corrected chi connectivity index (χ2v) is 7.83. The molecule has 7 nitrogen and oxygen atoms in total. The van der Waals surface area contributed by atoms with E-state index in [0.717, 1.165) is 5.56 Å². The Kier molecular flexibility index (Phi) is 6.34. The minimum atomic E-state index is -3.57. The number of hydrogen-bond donors (Lipinski definition) is 3. The first-order valence-electron chi connectivity index (χ1n) is 8.02. The zero-order valence-electron chi connectivity index (χ0n) is 13.9. The molecule has 0 atom stereocenters. The van der Waals surface area contributed by atoms with Crippen molar-refractivity contribution in [2.45, 2.75) is 24.7 Å². The second-order valence-electron chi connectivity index (χ2n) is 6.06. The van der Waals surface area contributed by atoms with Crippen molar-refractivity contribution < 1.29 is 17.9 Å². The predicted octanol–water partition coefficient (Wildman–Crippen LogP) is 0.145. The van der Waals surface area contributed by atoms with Gasteiger partial charge in [-0.1, -0.05) is 17.7 Å². The number of ether oxygens (including phenoxy) is 1. The average molecular weight is 355 g/mol. The molecular formula is C16H25N3O4S. The van der Waals surface area contributed by atoms with Crippen LogP contribution in [-0.2, 0) is 19.6 Å². The number of sulfonamides is 1. The molecule has 1 fully saturated rings. The molecular weight excluding hydrogens is 330 g/mol. The van der Waals surface area contributed by atoms with Crippen LogP contribution < -0.4 is 15.8 Å². The van der Waals surface area contributed by atoms with E-state index in [0.29, 0.717) is 26.1 Å². The van der Waals surface area contributed by atoms with E-state index >= 15 is 0 Å². The van der Waals surface area contributed by atoms with E-state index in [1.54, 1.807) is 24.3 Å². The van der Waals surface area contributed by atoms with E-state index in [1.807, 2.05) is 6.92 Å². The number of nitrogens with two attached hydrogens (primary N) is 1. The van der Waals surface area contributed by atoms with Crippen LogP contribution in [0.1, 0.15) is 18.4 Å². The van der Waals surface area contributed by atoms with Gasteiger partial charge in [0.15, 0.2) is 0 Å². The summed E-state index contributed by atoms with van der Waals surface area (Å²) in [5.41, 5.74) is 6.16. The maximum Gasteiger partial charge on any atom is 0.240 e. The Balaban J connectivity index is 1.83. The first-order valence-corrected chi connectivity index (χ1v) is 9.50. The molecule has 0 saturated carbocycles. The molecule has 0 aliphatic carbocycles. The van der Waals surface area contributed by atoms with Crippen LogP contribution in [-0.4, -0.2) is 47.2 Å². The SMILES string of the molecule is Cc1ccc(S(=O)(=O)NCCNC(=O)C2(CN)CCOCC2)cc1. The molecule has 0 bridgehead atoms. The molecule has 0 aromatic heterocycles. The first kappa shape index (κ1) is 18.9. The van der Waals surface area contributed by atoms with Crippen LogP contribution in [0.25, 0.3) is 0 Å². The lowest BCUT2D eigenvalue weighted by molar-refractivity contribution is -0.135. The van der Waals surface area contributed by atoms with Crippen molar-refractivity contribution in [1.82, 2.24) is 10.0 Å². The van der Waals surface area contributed by atoms with E-state index < -0.39 is 15.4 Å². The normalized spacial score (nSPS) is 17.4. The fourth-order valence-electron chi connectivity index (χ4n) is 2.64. The zero-order chi connectivity index (χ0) is 17.6. The molecule has 2 rings (SSSR count). The van der Waals surface area contributed by atoms with Gasteiger partial charge in [-0.15, -0.1) is 0 Å². The van der Waals surface area contributed by atoms with E-state index in [9.17, 15) is 13.2 Å². The quantitative estimate of drug-likeness (QED) is 0.603. The summed E-state index contributed by atoms with van der Waals surface area (Å²) in [4.78, 5) is 12.6. The van der Waals surface area contributed by atoms with Crippen LogP contribution in [0.2, 0.25) is 0 Å². The van der Waals surface area contributed by atoms with Gasteiger partial charge in [0.25, 0.3) is 0 Å². The molecule has 0 unspecified atom stereocenters. The van der Waals surface area contributed by atoms with Crippen LogP contribution in [0.3, 0.4) is 0 Å². The Bertz CT molecular complexity index is 652. The molecule has 0 spiro atoms. The summed E-state index contributed by atoms with van der Waals surface area (Å²) in [6, 6.07) is 6.60. The number of aryl methyl sites for hydroxylation is 1. The zero-order valence-corrected chi connectivity index (χ0v) is 14.7. The van der Waals surface area contributed by atoms with E-state index in [1.165, 1.54) is 0 Å². The summed E-state index contributed by atoms with van der Waals surface area (Å²) in [7, 11) is -3.57. The van der Waals surface area contributed by atoms with E-state index in [4.69, 9.17) is 10.5 Å². The van der Waals surface area contributed by atoms with Crippen LogP contribution in [0.4, 0.5) is 0 Å². The fraction of sp³-hybridized carbons (Fsp3) is 0.562. The number of nitrogens with one attached hydrogen (secondary N) is 2. The summed E-state index contributed by atoms with van der Waals surface area (Å²) >= 11 is 0. The minimum Gasteiger partial charge on any atom is -0.381 e. The number of carbonyl (C=O) groups excluding carboxylic acids is 1. The highest BCUT2D eigenvalue weighted by Crippen LogP contribution is 2.29. The van der Waals surface area contributed by atoms with Crippen molar-refractivity contribution in [2.75, 3.05) is 32.8 Å². The molecule has 1 saturated heterocycles. The molecule has 24 heavy (non-hydrogen) atoms. The average Bonchev–Trinajstić information content (AvgIpc) is 2.59. The number of rotatable bonds is 7. The molecule has 1 amide bonds. The van der Waals surface area contributed by atoms with Gasteiger partial charge in [-0.05, 0) is 31.9 Å². The molecule has 0 radical (unpaired) electrons. The van der Waals surface area contributed by atoms with Gasteiger partial charge in [0.2, 0.25) is 15.9 Å². The molecule has 1 heterocycles. The lowest BCUT2D eigenvalue weighted by atomic mass is 9.79. The van der Waals surface area contributed by atoms with Gasteiger partial charge in [0.05, 0.1) is 10.3 Å². The molecule has 1 aromatic carbocycles. The third kappa shape index (κ3) is 4.54. The van der Waals surface area contributed by atoms with Crippen LogP contribution in [0, 0.1) is 12.3 Å². The highest BCUT2D eigenvalue weighted by atomic mass is 32.2. The number of benzene rings is 1. The van der Waals surface area contributed by atoms with Crippen molar-refractivity contribution in [3.05, 3.63) is 29.8 Å². The molecule has 1 aliphatic heterocycles. The predicted molar refractivity (Wildman–Crippen MR) is 90.9 cm³/mol. The van der Waals surface area contributed by atoms with Crippen LogP contribution in [0.15, 0.2) is 29.2 Å². The van der Waals surface area contributed by atoms with Gasteiger partial charge < -0.3 is 15.8 Å². The van der Waals surface area contributed by atoms with Crippen molar-refractivity contribution in [1.29, 1.82) is 0 Å². The van der Waals surface area contributed by atoms with Crippen molar-refractivity contribution >= 4 is 15.9 Å². The molecule has 4 N–H and O–H groups in total. The third-order valence-electron chi connectivity index (χ3n) is 4.36. The fourth-order valence-corrected chi connectivity index (χ4v) is 3.67. The highest BCUT2D eigenvalue weighted by molar-refractivity contribution is 7.89. The highest BCUT2D eigenvalue weighted by Gasteiger charge is 2.38. The Morgan fingerprint density at radius 2 is 1.83 bits per heavy atom. The van der Waals surface area contributed by atoms with E-state index in [2.05, 4.69) is 10.0 Å². The topological polar surface area (TPSA) is 111 Å². The number of carbonyl (C=O) groups is 1. The van der Waals surface area contributed by atoms with Gasteiger partial charge in [0, 0.05) is 32.8 Å². The monoisotopic (exact) mass is 355 g/mol. The second kappa shape index (κ2) is 8.06. The lowest BCUT2D eigenvalue weighted by Crippen LogP contribution is -2.50.